The van der Waals surface area contributed by atoms with E-state index in [1.807, 2.05) is 32.0 Å². The summed E-state index contributed by atoms with van der Waals surface area (Å²) >= 11 is 0. The number of aryl methyl sites for hydroxylation is 2. The van der Waals surface area contributed by atoms with Crippen molar-refractivity contribution in [3.05, 3.63) is 29.3 Å². The Morgan fingerprint density at radius 3 is 2.50 bits per heavy atom. The lowest BCUT2D eigenvalue weighted by molar-refractivity contribution is -0.142. The molecular weight excluding hydrogens is 282 g/mol. The Kier molecular flexibility index (Phi) is 6.89. The van der Waals surface area contributed by atoms with Gasteiger partial charge in [-0.15, -0.1) is 0 Å². The third-order valence-corrected chi connectivity index (χ3v) is 3.82. The number of ether oxygens (including phenoxy) is 1. The van der Waals surface area contributed by atoms with Crippen LogP contribution in [-0.2, 0) is 9.59 Å². The Bertz CT molecular complexity index is 527. The van der Waals surface area contributed by atoms with Gasteiger partial charge in [-0.2, -0.15) is 0 Å². The van der Waals surface area contributed by atoms with Crippen molar-refractivity contribution in [3.8, 4) is 5.75 Å². The van der Waals surface area contributed by atoms with Crippen molar-refractivity contribution in [2.24, 2.45) is 5.92 Å². The summed E-state index contributed by atoms with van der Waals surface area (Å²) in [5.41, 5.74) is 2.39. The molecule has 0 radical (unpaired) electrons. The molecule has 0 aliphatic carbocycles. The molecule has 122 valence electrons. The van der Waals surface area contributed by atoms with Crippen molar-refractivity contribution in [2.45, 2.75) is 46.6 Å². The number of amides is 1. The van der Waals surface area contributed by atoms with Crippen LogP contribution in [0.2, 0.25) is 0 Å². The van der Waals surface area contributed by atoms with Gasteiger partial charge in [0, 0.05) is 12.5 Å². The molecule has 2 N–H and O–H groups in total. The Balaban J connectivity index is 2.27. The van der Waals surface area contributed by atoms with E-state index < -0.39 is 11.9 Å². The van der Waals surface area contributed by atoms with E-state index in [-0.39, 0.29) is 11.9 Å². The Morgan fingerprint density at radius 1 is 1.23 bits per heavy atom. The quantitative estimate of drug-likeness (QED) is 0.724. The number of carbonyl (C=O) groups is 2. The molecule has 2 unspecified atom stereocenters. The van der Waals surface area contributed by atoms with Crippen molar-refractivity contribution >= 4 is 11.9 Å². The molecule has 5 heteroatoms. The van der Waals surface area contributed by atoms with E-state index in [4.69, 9.17) is 9.84 Å². The number of aliphatic carboxylic acids is 1. The van der Waals surface area contributed by atoms with Crippen molar-refractivity contribution < 1.29 is 19.4 Å². The summed E-state index contributed by atoms with van der Waals surface area (Å²) in [5.74, 6) is -0.859. The maximum atomic E-state index is 11.7. The lowest BCUT2D eigenvalue weighted by Crippen LogP contribution is -2.40. The molecule has 22 heavy (non-hydrogen) atoms. The Morgan fingerprint density at radius 2 is 1.91 bits per heavy atom. The molecule has 0 aromatic heterocycles. The highest BCUT2D eigenvalue weighted by Crippen LogP contribution is 2.16. The lowest BCUT2D eigenvalue weighted by atomic mass is 10.0. The van der Waals surface area contributed by atoms with Gasteiger partial charge in [-0.3, -0.25) is 9.59 Å². The van der Waals surface area contributed by atoms with Gasteiger partial charge in [-0.25, -0.2) is 0 Å². The summed E-state index contributed by atoms with van der Waals surface area (Å²) in [6.45, 7) is 7.81. The maximum Gasteiger partial charge on any atom is 0.308 e. The van der Waals surface area contributed by atoms with Gasteiger partial charge in [0.25, 0.3) is 0 Å². The minimum absolute atomic E-state index is 0.149. The summed E-state index contributed by atoms with van der Waals surface area (Å²) in [5, 5.41) is 11.6. The van der Waals surface area contributed by atoms with Crippen LogP contribution in [0.25, 0.3) is 0 Å². The van der Waals surface area contributed by atoms with Gasteiger partial charge in [0.05, 0.1) is 12.5 Å². The summed E-state index contributed by atoms with van der Waals surface area (Å²) in [6.07, 6.45) is 0.911. The zero-order valence-corrected chi connectivity index (χ0v) is 13.7. The van der Waals surface area contributed by atoms with E-state index in [2.05, 4.69) is 5.32 Å². The minimum Gasteiger partial charge on any atom is -0.494 e. The first-order valence-electron chi connectivity index (χ1n) is 7.53. The number of hydrogen-bond donors (Lipinski definition) is 2. The fraction of sp³-hybridized carbons (Fsp3) is 0.529. The molecule has 1 rings (SSSR count). The third-order valence-electron chi connectivity index (χ3n) is 3.82. The lowest BCUT2D eigenvalue weighted by Gasteiger charge is -2.17. The van der Waals surface area contributed by atoms with Gasteiger partial charge in [0.1, 0.15) is 5.75 Å². The zero-order chi connectivity index (χ0) is 16.7. The summed E-state index contributed by atoms with van der Waals surface area (Å²) in [4.78, 5) is 22.6. The second-order valence-corrected chi connectivity index (χ2v) is 5.68. The fourth-order valence-electron chi connectivity index (χ4n) is 1.89. The highest BCUT2D eigenvalue weighted by Gasteiger charge is 2.20. The van der Waals surface area contributed by atoms with Crippen molar-refractivity contribution in [2.75, 3.05) is 6.61 Å². The normalized spacial score (nSPS) is 13.3. The standard InChI is InChI=1S/C17H25NO4/c1-11-7-8-15(10-12(11)2)22-9-5-6-16(19)18-14(4)13(3)17(20)21/h7-8,10,13-14H,5-6,9H2,1-4H3,(H,18,19)(H,20,21). The van der Waals surface area contributed by atoms with Gasteiger partial charge < -0.3 is 15.2 Å². The van der Waals surface area contributed by atoms with E-state index >= 15 is 0 Å². The molecule has 1 amide bonds. The molecule has 1 aromatic rings. The van der Waals surface area contributed by atoms with Gasteiger partial charge in [0.2, 0.25) is 5.91 Å². The molecule has 0 spiro atoms. The van der Waals surface area contributed by atoms with Gasteiger partial charge >= 0.3 is 5.97 Å². The van der Waals surface area contributed by atoms with Gasteiger partial charge in [-0.05, 0) is 57.4 Å². The predicted octanol–water partition coefficient (Wildman–Crippen LogP) is 2.69. The summed E-state index contributed by atoms with van der Waals surface area (Å²) < 4.78 is 5.61. The number of carboxylic acids is 1. The topological polar surface area (TPSA) is 75.6 Å². The molecular formula is C17H25NO4. The van der Waals surface area contributed by atoms with Gasteiger partial charge in [-0.1, -0.05) is 6.07 Å². The molecule has 0 bridgehead atoms. The largest absolute Gasteiger partial charge is 0.494 e. The molecule has 2 atom stereocenters. The highest BCUT2D eigenvalue weighted by atomic mass is 16.5. The molecule has 5 nitrogen and oxygen atoms in total. The fourth-order valence-corrected chi connectivity index (χ4v) is 1.89. The zero-order valence-electron chi connectivity index (χ0n) is 13.7. The van der Waals surface area contributed by atoms with Crippen LogP contribution >= 0.6 is 0 Å². The van der Waals surface area contributed by atoms with E-state index in [9.17, 15) is 9.59 Å². The highest BCUT2D eigenvalue weighted by molar-refractivity contribution is 5.77. The molecule has 0 saturated carbocycles. The molecule has 1 aromatic carbocycles. The predicted molar refractivity (Wildman–Crippen MR) is 85.0 cm³/mol. The smallest absolute Gasteiger partial charge is 0.308 e. The van der Waals surface area contributed by atoms with Crippen molar-refractivity contribution in [1.29, 1.82) is 0 Å². The van der Waals surface area contributed by atoms with Crippen molar-refractivity contribution in [3.63, 3.8) is 0 Å². The second-order valence-electron chi connectivity index (χ2n) is 5.68. The van der Waals surface area contributed by atoms with Crippen LogP contribution < -0.4 is 10.1 Å². The molecule has 0 fully saturated rings. The van der Waals surface area contributed by atoms with Crippen molar-refractivity contribution in [1.82, 2.24) is 5.32 Å². The average Bonchev–Trinajstić information content (AvgIpc) is 2.46. The Hall–Kier alpha value is -2.04. The minimum atomic E-state index is -0.911. The third kappa shape index (κ3) is 5.76. The van der Waals surface area contributed by atoms with E-state index in [1.54, 1.807) is 13.8 Å². The first kappa shape index (κ1) is 18.0. The van der Waals surface area contributed by atoms with Crippen LogP contribution in [0.15, 0.2) is 18.2 Å². The second kappa shape index (κ2) is 8.41. The number of rotatable bonds is 8. The monoisotopic (exact) mass is 307 g/mol. The number of benzene rings is 1. The maximum absolute atomic E-state index is 11.7. The van der Waals surface area contributed by atoms with Crippen LogP contribution in [-0.4, -0.2) is 29.6 Å². The van der Waals surface area contributed by atoms with Crippen LogP contribution in [0.1, 0.15) is 37.8 Å². The molecule has 0 aliphatic rings. The molecule has 0 aliphatic heterocycles. The first-order valence-corrected chi connectivity index (χ1v) is 7.53. The van der Waals surface area contributed by atoms with E-state index in [0.717, 1.165) is 5.75 Å². The van der Waals surface area contributed by atoms with Crippen LogP contribution in [0.5, 0.6) is 5.75 Å². The van der Waals surface area contributed by atoms with Gasteiger partial charge in [0.15, 0.2) is 0 Å². The van der Waals surface area contributed by atoms with Crippen LogP contribution in [0, 0.1) is 19.8 Å². The van der Waals surface area contributed by atoms with Crippen LogP contribution in [0.4, 0.5) is 0 Å². The molecule has 0 saturated heterocycles. The number of nitrogens with one attached hydrogen (secondary N) is 1. The van der Waals surface area contributed by atoms with E-state index in [0.29, 0.717) is 19.4 Å². The van der Waals surface area contributed by atoms with Crippen LogP contribution in [0.3, 0.4) is 0 Å². The average molecular weight is 307 g/mol. The van der Waals surface area contributed by atoms with E-state index in [1.165, 1.54) is 11.1 Å². The number of hydrogen-bond acceptors (Lipinski definition) is 3. The Labute approximate surface area is 131 Å². The number of carbonyl (C=O) groups excluding carboxylic acids is 1. The first-order chi connectivity index (χ1) is 10.3. The summed E-state index contributed by atoms with van der Waals surface area (Å²) in [7, 11) is 0. The summed E-state index contributed by atoms with van der Waals surface area (Å²) in [6, 6.07) is 5.52. The SMILES string of the molecule is Cc1ccc(OCCCC(=O)NC(C)C(C)C(=O)O)cc1C. The number of carboxylic acid groups (broad SMARTS) is 1. The molecule has 0 heterocycles.